The molecule has 1 saturated carbocycles. The first kappa shape index (κ1) is 18.6. The fourth-order valence-electron chi connectivity index (χ4n) is 2.92. The molecule has 2 N–H and O–H groups in total. The Balaban J connectivity index is 0.000000177. The molecule has 1 aliphatic rings. The van der Waals surface area contributed by atoms with E-state index in [0.717, 1.165) is 12.8 Å². The van der Waals surface area contributed by atoms with Crippen LogP contribution in [0.2, 0.25) is 0 Å². The van der Waals surface area contributed by atoms with Gasteiger partial charge in [0.25, 0.3) is 10.1 Å². The molecular weight excluding hydrogens is 326 g/mol. The summed E-state index contributed by atoms with van der Waals surface area (Å²) in [4.78, 5) is -0.0278. The highest BCUT2D eigenvalue weighted by atomic mass is 32.2. The highest BCUT2D eigenvalue weighted by molar-refractivity contribution is 7.85. The minimum atomic E-state index is -4.03. The highest BCUT2D eigenvalue weighted by Crippen LogP contribution is 2.23. The lowest BCUT2D eigenvalue weighted by atomic mass is 9.92. The van der Waals surface area contributed by atoms with Crippen LogP contribution in [0.15, 0.2) is 59.8 Å². The summed E-state index contributed by atoms with van der Waals surface area (Å²) >= 11 is 0. The molecule has 1 aromatic heterocycles. The van der Waals surface area contributed by atoms with Crippen molar-refractivity contribution in [2.75, 3.05) is 0 Å². The zero-order valence-corrected chi connectivity index (χ0v) is 14.6. The molecule has 3 rings (SSSR count). The summed E-state index contributed by atoms with van der Waals surface area (Å²) in [5.74, 6) is 0. The molecule has 1 heterocycles. The quantitative estimate of drug-likeness (QED) is 0.645. The summed E-state index contributed by atoms with van der Waals surface area (Å²) in [5, 5.41) is 9.80. The van der Waals surface area contributed by atoms with E-state index in [0.29, 0.717) is 11.6 Å². The molecule has 1 fully saturated rings. The van der Waals surface area contributed by atoms with Gasteiger partial charge >= 0.3 is 0 Å². The molecule has 6 heteroatoms. The van der Waals surface area contributed by atoms with Gasteiger partial charge in [-0.3, -0.25) is 4.55 Å². The molecule has 0 radical (unpaired) electrons. The number of aliphatic hydroxyl groups is 1. The van der Waals surface area contributed by atoms with E-state index in [4.69, 9.17) is 4.55 Å². The number of aromatic nitrogens is 1. The first-order valence-corrected chi connectivity index (χ1v) is 9.50. The van der Waals surface area contributed by atoms with Crippen molar-refractivity contribution >= 4 is 10.1 Å². The minimum absolute atomic E-state index is 0.0278. The Labute approximate surface area is 143 Å². The molecule has 1 aliphatic carbocycles. The van der Waals surface area contributed by atoms with Crippen LogP contribution in [0, 0.1) is 6.92 Å². The Morgan fingerprint density at radius 2 is 1.62 bits per heavy atom. The second-order valence-electron chi connectivity index (χ2n) is 5.98. The van der Waals surface area contributed by atoms with Crippen molar-refractivity contribution in [3.05, 3.63) is 60.4 Å². The Bertz CT molecular complexity index is 747. The maximum absolute atomic E-state index is 10.6. The van der Waals surface area contributed by atoms with Gasteiger partial charge in [0.2, 0.25) is 0 Å². The van der Waals surface area contributed by atoms with E-state index in [-0.39, 0.29) is 11.0 Å². The van der Waals surface area contributed by atoms with Crippen LogP contribution in [0.4, 0.5) is 0 Å². The Morgan fingerprint density at radius 1 is 1.00 bits per heavy atom. The molecule has 5 nitrogen and oxygen atoms in total. The van der Waals surface area contributed by atoms with E-state index in [1.165, 1.54) is 18.9 Å². The van der Waals surface area contributed by atoms with Gasteiger partial charge in [-0.25, -0.2) is 0 Å². The number of nitrogens with zero attached hydrogens (tertiary/aromatic N) is 1. The number of aliphatic hydroxyl groups excluding tert-OH is 1. The Hall–Kier alpha value is -1.76. The van der Waals surface area contributed by atoms with Crippen molar-refractivity contribution < 1.29 is 22.6 Å². The molecular formula is C18H24NO4S+. The van der Waals surface area contributed by atoms with Gasteiger partial charge in [-0.2, -0.15) is 13.0 Å². The van der Waals surface area contributed by atoms with Crippen molar-refractivity contribution in [1.82, 2.24) is 0 Å². The molecule has 2 aromatic rings. The maximum atomic E-state index is 10.6. The van der Waals surface area contributed by atoms with Crippen LogP contribution in [-0.2, 0) is 10.1 Å². The van der Waals surface area contributed by atoms with Gasteiger partial charge in [0.15, 0.2) is 18.4 Å². The van der Waals surface area contributed by atoms with Crippen molar-refractivity contribution in [1.29, 1.82) is 0 Å². The van der Waals surface area contributed by atoms with E-state index in [1.807, 2.05) is 30.6 Å². The lowest BCUT2D eigenvalue weighted by Gasteiger charge is -2.22. The molecule has 24 heavy (non-hydrogen) atoms. The first-order valence-electron chi connectivity index (χ1n) is 8.06. The SMILES string of the molecule is Cc1ccccc1S(=O)(=O)O.OC1CCCCC1[n+]1ccccc1. The summed E-state index contributed by atoms with van der Waals surface area (Å²) in [5.41, 5.74) is 0.551. The summed E-state index contributed by atoms with van der Waals surface area (Å²) in [6, 6.07) is 12.6. The van der Waals surface area contributed by atoms with Crippen LogP contribution in [0.5, 0.6) is 0 Å². The summed E-state index contributed by atoms with van der Waals surface area (Å²) < 4.78 is 32.0. The molecule has 0 amide bonds. The predicted molar refractivity (Wildman–Crippen MR) is 91.1 cm³/mol. The third-order valence-electron chi connectivity index (χ3n) is 4.19. The standard InChI is InChI=1S/C11H16NO.C7H8O3S/c13-11-7-3-2-6-10(11)12-8-4-1-5-9-12;1-6-4-2-3-5-7(6)11(8,9)10/h1,4-5,8-11,13H,2-3,6-7H2;2-5H,1H3,(H,8,9,10)/q+1;. The second kappa shape index (κ2) is 8.37. The fraction of sp³-hybridized carbons (Fsp3) is 0.389. The second-order valence-corrected chi connectivity index (χ2v) is 7.37. The van der Waals surface area contributed by atoms with Crippen LogP contribution in [0.1, 0.15) is 37.3 Å². The molecule has 0 aliphatic heterocycles. The van der Waals surface area contributed by atoms with Gasteiger partial charge in [0.1, 0.15) is 6.10 Å². The average Bonchev–Trinajstić information content (AvgIpc) is 2.56. The van der Waals surface area contributed by atoms with Gasteiger partial charge in [0.05, 0.1) is 4.90 Å². The molecule has 0 spiro atoms. The van der Waals surface area contributed by atoms with Gasteiger partial charge < -0.3 is 5.11 Å². The Kier molecular flexibility index (Phi) is 6.48. The molecule has 1 aromatic carbocycles. The van der Waals surface area contributed by atoms with Gasteiger partial charge in [-0.1, -0.05) is 30.7 Å². The van der Waals surface area contributed by atoms with Crippen LogP contribution in [0.25, 0.3) is 0 Å². The molecule has 0 bridgehead atoms. The third kappa shape index (κ3) is 5.12. The number of hydrogen-bond donors (Lipinski definition) is 2. The molecule has 2 unspecified atom stereocenters. The fourth-order valence-corrected chi connectivity index (χ4v) is 3.64. The molecule has 0 saturated heterocycles. The lowest BCUT2D eigenvalue weighted by molar-refractivity contribution is -0.732. The normalized spacial score (nSPS) is 20.8. The lowest BCUT2D eigenvalue weighted by Crippen LogP contribution is -2.46. The third-order valence-corrected chi connectivity index (χ3v) is 5.20. The average molecular weight is 350 g/mol. The zero-order valence-electron chi connectivity index (χ0n) is 13.7. The molecule has 130 valence electrons. The number of pyridine rings is 1. The first-order chi connectivity index (χ1) is 11.4. The van der Waals surface area contributed by atoms with E-state index in [2.05, 4.69) is 4.57 Å². The number of aryl methyl sites for hydroxylation is 1. The van der Waals surface area contributed by atoms with Crippen LogP contribution in [-0.4, -0.2) is 24.2 Å². The largest absolute Gasteiger partial charge is 0.386 e. The summed E-state index contributed by atoms with van der Waals surface area (Å²) in [6.07, 6.45) is 8.40. The summed E-state index contributed by atoms with van der Waals surface area (Å²) in [7, 11) is -4.03. The van der Waals surface area contributed by atoms with Gasteiger partial charge in [0, 0.05) is 18.6 Å². The van der Waals surface area contributed by atoms with Crippen LogP contribution >= 0.6 is 0 Å². The minimum Gasteiger partial charge on any atom is -0.386 e. The van der Waals surface area contributed by atoms with E-state index >= 15 is 0 Å². The van der Waals surface area contributed by atoms with E-state index in [1.54, 1.807) is 25.1 Å². The number of rotatable bonds is 2. The van der Waals surface area contributed by atoms with Gasteiger partial charge in [-0.05, 0) is 31.4 Å². The van der Waals surface area contributed by atoms with Crippen molar-refractivity contribution in [3.8, 4) is 0 Å². The van der Waals surface area contributed by atoms with Crippen molar-refractivity contribution in [2.45, 2.75) is 49.6 Å². The number of benzene rings is 1. The van der Waals surface area contributed by atoms with Gasteiger partial charge in [-0.15, -0.1) is 0 Å². The van der Waals surface area contributed by atoms with Crippen molar-refractivity contribution in [2.24, 2.45) is 0 Å². The van der Waals surface area contributed by atoms with Crippen LogP contribution < -0.4 is 4.57 Å². The van der Waals surface area contributed by atoms with E-state index in [9.17, 15) is 13.5 Å². The zero-order chi connectivity index (χ0) is 17.6. The van der Waals surface area contributed by atoms with Crippen molar-refractivity contribution in [3.63, 3.8) is 0 Å². The monoisotopic (exact) mass is 350 g/mol. The maximum Gasteiger partial charge on any atom is 0.294 e. The smallest absolute Gasteiger partial charge is 0.294 e. The molecule has 2 atom stereocenters. The van der Waals surface area contributed by atoms with Crippen LogP contribution in [0.3, 0.4) is 0 Å². The topological polar surface area (TPSA) is 78.5 Å². The highest BCUT2D eigenvalue weighted by Gasteiger charge is 2.29. The summed E-state index contributed by atoms with van der Waals surface area (Å²) in [6.45, 7) is 1.63. The predicted octanol–water partition coefficient (Wildman–Crippen LogP) is 2.69. The number of hydrogen-bond acceptors (Lipinski definition) is 3. The van der Waals surface area contributed by atoms with E-state index < -0.39 is 10.1 Å². The Morgan fingerprint density at radius 3 is 2.17 bits per heavy atom.